The lowest BCUT2D eigenvalue weighted by Crippen LogP contribution is -2.34. The number of thiophene rings is 1. The van der Waals surface area contributed by atoms with Crippen LogP contribution in [0.3, 0.4) is 0 Å². The standard InChI is InChI=1S/C14H20O2S/c15-13(16)14(10-12-6-9-17-11-12)7-4-2-1-3-5-8-14/h6,9,11H,1-5,7-8,10H2,(H,15,16). The summed E-state index contributed by atoms with van der Waals surface area (Å²) in [4.78, 5) is 11.7. The number of carbonyl (C=O) groups is 1. The highest BCUT2D eigenvalue weighted by Gasteiger charge is 2.38. The van der Waals surface area contributed by atoms with Gasteiger partial charge in [0, 0.05) is 0 Å². The SMILES string of the molecule is O=C(O)C1(Cc2ccsc2)CCCCCCC1. The number of aliphatic carboxylic acids is 1. The van der Waals surface area contributed by atoms with Gasteiger partial charge in [-0.3, -0.25) is 4.79 Å². The first kappa shape index (κ1) is 12.6. The summed E-state index contributed by atoms with van der Waals surface area (Å²) in [6.07, 6.45) is 8.19. The highest BCUT2D eigenvalue weighted by Crippen LogP contribution is 2.38. The van der Waals surface area contributed by atoms with Crippen LogP contribution in [0.25, 0.3) is 0 Å². The van der Waals surface area contributed by atoms with E-state index in [9.17, 15) is 9.90 Å². The molecule has 1 N–H and O–H groups in total. The Hall–Kier alpha value is -0.830. The third-order valence-electron chi connectivity index (χ3n) is 3.89. The van der Waals surface area contributed by atoms with E-state index in [1.165, 1.54) is 24.8 Å². The Bertz CT molecular complexity index is 348. The predicted octanol–water partition coefficient (Wildman–Crippen LogP) is 4.11. The molecule has 1 aliphatic rings. The predicted molar refractivity (Wildman–Crippen MR) is 70.4 cm³/mol. The molecule has 2 rings (SSSR count). The average Bonchev–Trinajstić information content (AvgIpc) is 2.74. The Morgan fingerprint density at radius 1 is 1.24 bits per heavy atom. The summed E-state index contributed by atoms with van der Waals surface area (Å²) in [7, 11) is 0. The molecule has 0 atom stereocenters. The van der Waals surface area contributed by atoms with Gasteiger partial charge in [0.2, 0.25) is 0 Å². The molecule has 0 bridgehead atoms. The topological polar surface area (TPSA) is 37.3 Å². The molecule has 1 aliphatic carbocycles. The van der Waals surface area contributed by atoms with E-state index in [1.807, 2.05) is 5.38 Å². The monoisotopic (exact) mass is 252 g/mol. The molecule has 1 saturated carbocycles. The molecule has 0 radical (unpaired) electrons. The molecule has 3 heteroatoms. The maximum atomic E-state index is 11.7. The summed E-state index contributed by atoms with van der Waals surface area (Å²) in [6.45, 7) is 0. The third kappa shape index (κ3) is 3.09. The van der Waals surface area contributed by atoms with E-state index in [0.717, 1.165) is 25.7 Å². The van der Waals surface area contributed by atoms with Gasteiger partial charge in [0.05, 0.1) is 5.41 Å². The van der Waals surface area contributed by atoms with Crippen LogP contribution in [0.15, 0.2) is 16.8 Å². The lowest BCUT2D eigenvalue weighted by molar-refractivity contribution is -0.150. The highest BCUT2D eigenvalue weighted by atomic mass is 32.1. The quantitative estimate of drug-likeness (QED) is 0.879. The number of carboxylic acids is 1. The largest absolute Gasteiger partial charge is 0.481 e. The summed E-state index contributed by atoms with van der Waals surface area (Å²) >= 11 is 1.65. The van der Waals surface area contributed by atoms with Crippen molar-refractivity contribution >= 4 is 17.3 Å². The van der Waals surface area contributed by atoms with Gasteiger partial charge in [0.25, 0.3) is 0 Å². The summed E-state index contributed by atoms with van der Waals surface area (Å²) in [5, 5.41) is 13.7. The molecule has 1 fully saturated rings. The van der Waals surface area contributed by atoms with Crippen molar-refractivity contribution in [3.8, 4) is 0 Å². The van der Waals surface area contributed by atoms with E-state index in [4.69, 9.17) is 0 Å². The molecule has 2 nitrogen and oxygen atoms in total. The van der Waals surface area contributed by atoms with Crippen molar-refractivity contribution in [1.29, 1.82) is 0 Å². The molecule has 1 aromatic rings. The van der Waals surface area contributed by atoms with E-state index in [-0.39, 0.29) is 0 Å². The molecule has 0 unspecified atom stereocenters. The molecule has 0 saturated heterocycles. The fraction of sp³-hybridized carbons (Fsp3) is 0.643. The van der Waals surface area contributed by atoms with Crippen molar-refractivity contribution in [2.45, 2.75) is 51.4 Å². The molecule has 17 heavy (non-hydrogen) atoms. The van der Waals surface area contributed by atoms with Crippen LogP contribution >= 0.6 is 11.3 Å². The maximum absolute atomic E-state index is 11.7. The summed E-state index contributed by atoms with van der Waals surface area (Å²) in [6, 6.07) is 2.06. The number of rotatable bonds is 3. The van der Waals surface area contributed by atoms with Gasteiger partial charge in [0.15, 0.2) is 0 Å². The minimum Gasteiger partial charge on any atom is -0.481 e. The first-order chi connectivity index (χ1) is 8.23. The number of hydrogen-bond acceptors (Lipinski definition) is 2. The van der Waals surface area contributed by atoms with E-state index in [1.54, 1.807) is 11.3 Å². The molecular weight excluding hydrogens is 232 g/mol. The molecule has 0 spiro atoms. The Morgan fingerprint density at radius 3 is 2.41 bits per heavy atom. The van der Waals surface area contributed by atoms with Crippen LogP contribution in [0, 0.1) is 5.41 Å². The fourth-order valence-electron chi connectivity index (χ4n) is 2.83. The fourth-order valence-corrected chi connectivity index (χ4v) is 3.50. The molecule has 1 aromatic heterocycles. The zero-order valence-corrected chi connectivity index (χ0v) is 11.0. The zero-order valence-electron chi connectivity index (χ0n) is 10.2. The molecule has 1 heterocycles. The number of hydrogen-bond donors (Lipinski definition) is 1. The van der Waals surface area contributed by atoms with Gasteiger partial charge in [-0.15, -0.1) is 0 Å². The summed E-state index contributed by atoms with van der Waals surface area (Å²) in [5.41, 5.74) is 0.694. The smallest absolute Gasteiger partial charge is 0.309 e. The highest BCUT2D eigenvalue weighted by molar-refractivity contribution is 7.07. The van der Waals surface area contributed by atoms with Gasteiger partial charge in [-0.1, -0.05) is 32.1 Å². The minimum absolute atomic E-state index is 0.499. The minimum atomic E-state index is -0.592. The average molecular weight is 252 g/mol. The van der Waals surface area contributed by atoms with Gasteiger partial charge in [-0.25, -0.2) is 0 Å². The molecule has 0 amide bonds. The lowest BCUT2D eigenvalue weighted by Gasteiger charge is -2.31. The van der Waals surface area contributed by atoms with Gasteiger partial charge in [0.1, 0.15) is 0 Å². The van der Waals surface area contributed by atoms with Gasteiger partial charge in [-0.05, 0) is 41.7 Å². The van der Waals surface area contributed by atoms with Crippen LogP contribution in [0.4, 0.5) is 0 Å². The number of carboxylic acid groups (broad SMARTS) is 1. The molecule has 0 aliphatic heterocycles. The van der Waals surface area contributed by atoms with Crippen molar-refractivity contribution in [3.05, 3.63) is 22.4 Å². The van der Waals surface area contributed by atoms with Crippen molar-refractivity contribution < 1.29 is 9.90 Å². The van der Waals surface area contributed by atoms with Crippen LogP contribution in [0.5, 0.6) is 0 Å². The van der Waals surface area contributed by atoms with Crippen LogP contribution in [0.1, 0.15) is 50.5 Å². The van der Waals surface area contributed by atoms with Crippen LogP contribution in [0.2, 0.25) is 0 Å². The third-order valence-corrected chi connectivity index (χ3v) is 4.62. The van der Waals surface area contributed by atoms with Crippen molar-refractivity contribution in [3.63, 3.8) is 0 Å². The second-order valence-electron chi connectivity index (χ2n) is 5.16. The van der Waals surface area contributed by atoms with E-state index < -0.39 is 11.4 Å². The Balaban J connectivity index is 2.14. The Morgan fingerprint density at radius 2 is 1.88 bits per heavy atom. The Kier molecular flexibility index (Phi) is 4.21. The second kappa shape index (κ2) is 5.67. The van der Waals surface area contributed by atoms with Gasteiger partial charge < -0.3 is 5.11 Å². The van der Waals surface area contributed by atoms with Crippen LogP contribution in [-0.2, 0) is 11.2 Å². The first-order valence-corrected chi connectivity index (χ1v) is 7.42. The second-order valence-corrected chi connectivity index (χ2v) is 5.94. The summed E-state index contributed by atoms with van der Waals surface area (Å²) < 4.78 is 0. The van der Waals surface area contributed by atoms with Crippen LogP contribution < -0.4 is 0 Å². The van der Waals surface area contributed by atoms with Crippen molar-refractivity contribution in [2.24, 2.45) is 5.41 Å². The van der Waals surface area contributed by atoms with Crippen molar-refractivity contribution in [1.82, 2.24) is 0 Å². The van der Waals surface area contributed by atoms with Gasteiger partial charge >= 0.3 is 5.97 Å². The lowest BCUT2D eigenvalue weighted by atomic mass is 9.72. The summed E-state index contributed by atoms with van der Waals surface area (Å²) in [5.74, 6) is -0.592. The van der Waals surface area contributed by atoms with E-state index >= 15 is 0 Å². The molecule has 94 valence electrons. The molecule has 0 aromatic carbocycles. The van der Waals surface area contributed by atoms with E-state index in [2.05, 4.69) is 11.4 Å². The van der Waals surface area contributed by atoms with Gasteiger partial charge in [-0.2, -0.15) is 11.3 Å². The first-order valence-electron chi connectivity index (χ1n) is 6.47. The normalized spacial score (nSPS) is 20.5. The Labute approximate surface area is 107 Å². The maximum Gasteiger partial charge on any atom is 0.309 e. The molecular formula is C14H20O2S. The van der Waals surface area contributed by atoms with Crippen molar-refractivity contribution in [2.75, 3.05) is 0 Å². The zero-order chi connectivity index (χ0) is 12.1. The van der Waals surface area contributed by atoms with Crippen LogP contribution in [-0.4, -0.2) is 11.1 Å². The van der Waals surface area contributed by atoms with E-state index in [0.29, 0.717) is 6.42 Å².